The van der Waals surface area contributed by atoms with Crippen LogP contribution in [0.5, 0.6) is 0 Å². The Balaban J connectivity index is 1.77. The number of amides is 2. The average Bonchev–Trinajstić information content (AvgIpc) is 3.36. The molecule has 10 heteroatoms. The highest BCUT2D eigenvalue weighted by atomic mass is 32.2. The van der Waals surface area contributed by atoms with Crippen LogP contribution in [0.25, 0.3) is 11.1 Å². The zero-order chi connectivity index (χ0) is 22.1. The maximum absolute atomic E-state index is 12.9. The van der Waals surface area contributed by atoms with Crippen molar-refractivity contribution in [3.05, 3.63) is 30.2 Å². The van der Waals surface area contributed by atoms with Crippen LogP contribution in [-0.4, -0.2) is 65.5 Å². The average molecular weight is 436 g/mol. The number of hydrogen-bond donors (Lipinski definition) is 1. The van der Waals surface area contributed by atoms with Gasteiger partial charge in [0, 0.05) is 19.2 Å². The second-order valence-electron chi connectivity index (χ2n) is 7.32. The van der Waals surface area contributed by atoms with Crippen LogP contribution in [0, 0.1) is 0 Å². The molecule has 1 fully saturated rings. The van der Waals surface area contributed by atoms with Crippen LogP contribution >= 0.6 is 0 Å². The Morgan fingerprint density at radius 1 is 1.27 bits per heavy atom. The minimum absolute atomic E-state index is 0.00903. The summed E-state index contributed by atoms with van der Waals surface area (Å²) in [5.74, 6) is -1.60. The molecule has 1 saturated heterocycles. The summed E-state index contributed by atoms with van der Waals surface area (Å²) in [6.07, 6.45) is 0.294. The largest absolute Gasteiger partial charge is 0.434 e. The highest BCUT2D eigenvalue weighted by Gasteiger charge is 2.44. The molecule has 2 aromatic rings. The van der Waals surface area contributed by atoms with Crippen molar-refractivity contribution in [2.24, 2.45) is 0 Å². The van der Waals surface area contributed by atoms with Crippen LogP contribution in [0.3, 0.4) is 0 Å². The molecule has 0 radical (unpaired) electrons. The van der Waals surface area contributed by atoms with Gasteiger partial charge in [-0.2, -0.15) is 0 Å². The van der Waals surface area contributed by atoms with E-state index in [1.54, 1.807) is 31.2 Å². The molecule has 1 N–H and O–H groups in total. The molecular formula is C20H25N3O6S. The van der Waals surface area contributed by atoms with Crippen molar-refractivity contribution >= 4 is 38.5 Å². The lowest BCUT2D eigenvalue weighted by Crippen LogP contribution is -2.50. The van der Waals surface area contributed by atoms with Gasteiger partial charge in [0.25, 0.3) is 5.89 Å². The van der Waals surface area contributed by atoms with Crippen molar-refractivity contribution in [1.82, 2.24) is 15.2 Å². The normalized spacial score (nSPS) is 20.3. The van der Waals surface area contributed by atoms with Crippen LogP contribution in [-0.2, 0) is 19.4 Å². The molecule has 1 aliphatic heterocycles. The number of ketones is 1. The van der Waals surface area contributed by atoms with E-state index in [-0.39, 0.29) is 36.9 Å². The van der Waals surface area contributed by atoms with Gasteiger partial charge < -0.3 is 14.6 Å². The first-order valence-corrected chi connectivity index (χ1v) is 11.6. The van der Waals surface area contributed by atoms with Gasteiger partial charge in [-0.3, -0.25) is 14.4 Å². The molecule has 2 amide bonds. The number of benzene rings is 1. The Kier molecular flexibility index (Phi) is 6.25. The van der Waals surface area contributed by atoms with Crippen LogP contribution < -0.4 is 5.32 Å². The molecule has 3 atom stereocenters. The van der Waals surface area contributed by atoms with Crippen molar-refractivity contribution < 1.29 is 27.2 Å². The Morgan fingerprint density at radius 3 is 2.57 bits per heavy atom. The summed E-state index contributed by atoms with van der Waals surface area (Å²) in [5, 5.41) is 1.85. The molecule has 1 aromatic carbocycles. The third-order valence-electron chi connectivity index (χ3n) is 5.43. The molecule has 0 bridgehead atoms. The van der Waals surface area contributed by atoms with Gasteiger partial charge in [0.05, 0.1) is 11.3 Å². The monoisotopic (exact) mass is 435 g/mol. The third-order valence-corrected chi connectivity index (χ3v) is 7.59. The summed E-state index contributed by atoms with van der Waals surface area (Å²) in [6, 6.07) is 5.09. The molecule has 0 spiro atoms. The van der Waals surface area contributed by atoms with E-state index in [1.165, 1.54) is 18.7 Å². The van der Waals surface area contributed by atoms with E-state index >= 15 is 0 Å². The minimum Gasteiger partial charge on any atom is -0.434 e. The summed E-state index contributed by atoms with van der Waals surface area (Å²) in [6.45, 7) is 4.53. The topological polar surface area (TPSA) is 127 Å². The van der Waals surface area contributed by atoms with E-state index in [9.17, 15) is 22.8 Å². The number of hydrogen-bond acceptors (Lipinski definition) is 7. The van der Waals surface area contributed by atoms with Crippen LogP contribution in [0.4, 0.5) is 0 Å². The Labute approximate surface area is 174 Å². The summed E-state index contributed by atoms with van der Waals surface area (Å²) in [5.41, 5.74) is 1.00. The molecule has 30 heavy (non-hydrogen) atoms. The minimum atomic E-state index is -3.40. The fourth-order valence-corrected chi connectivity index (χ4v) is 4.97. The van der Waals surface area contributed by atoms with Crippen molar-refractivity contribution in [1.29, 1.82) is 0 Å². The molecule has 9 nitrogen and oxygen atoms in total. The summed E-state index contributed by atoms with van der Waals surface area (Å²) in [7, 11) is -3.40. The number of aromatic nitrogens is 1. The van der Waals surface area contributed by atoms with Crippen molar-refractivity contribution in [2.75, 3.05) is 12.3 Å². The highest BCUT2D eigenvalue weighted by Crippen LogP contribution is 2.25. The van der Waals surface area contributed by atoms with E-state index in [4.69, 9.17) is 4.42 Å². The van der Waals surface area contributed by atoms with Gasteiger partial charge in [-0.05, 0) is 25.0 Å². The lowest BCUT2D eigenvalue weighted by molar-refractivity contribution is -0.137. The second-order valence-corrected chi connectivity index (χ2v) is 9.89. The number of carbonyl (C=O) groups excluding carboxylic acids is 3. The number of oxazole rings is 1. The van der Waals surface area contributed by atoms with E-state index in [1.807, 2.05) is 0 Å². The van der Waals surface area contributed by atoms with Crippen molar-refractivity contribution in [2.45, 2.75) is 50.9 Å². The van der Waals surface area contributed by atoms with Gasteiger partial charge in [0.2, 0.25) is 17.6 Å². The number of nitrogens with zero attached hydrogens (tertiary/aromatic N) is 2. The highest BCUT2D eigenvalue weighted by molar-refractivity contribution is 7.92. The molecule has 1 unspecified atom stereocenters. The summed E-state index contributed by atoms with van der Waals surface area (Å²) < 4.78 is 30.0. The smallest absolute Gasteiger partial charge is 0.266 e. The SMILES string of the molecule is CCC(NC(=O)[C@@H]1C[C@@H](S(=O)(=O)CC)CN1C(C)=O)C(=O)c1nc2ccccc2o1. The molecule has 2 heterocycles. The molecule has 3 rings (SSSR count). The van der Waals surface area contributed by atoms with E-state index in [0.717, 1.165) is 0 Å². The van der Waals surface area contributed by atoms with Gasteiger partial charge in [-0.1, -0.05) is 26.0 Å². The number of fused-ring (bicyclic) bond motifs is 1. The zero-order valence-corrected chi connectivity index (χ0v) is 17.9. The molecular weight excluding hydrogens is 410 g/mol. The molecule has 1 aliphatic rings. The number of carbonyl (C=O) groups is 3. The standard InChI is InChI=1S/C20H25N3O6S/c1-4-14(18(25)20-22-15-8-6-7-9-17(15)29-20)21-19(26)16-10-13(30(27,28)5-2)11-23(16)12(3)24/h6-9,13-14,16H,4-5,10-11H2,1-3H3,(H,21,26)/t13-,14?,16+/m1/s1. The van der Waals surface area contributed by atoms with E-state index in [2.05, 4.69) is 10.3 Å². The van der Waals surface area contributed by atoms with Crippen LogP contribution in [0.15, 0.2) is 28.7 Å². The van der Waals surface area contributed by atoms with Gasteiger partial charge in [0.15, 0.2) is 15.4 Å². The predicted octanol–water partition coefficient (Wildman–Crippen LogP) is 1.33. The predicted molar refractivity (Wildman–Crippen MR) is 110 cm³/mol. The Morgan fingerprint density at radius 2 is 1.97 bits per heavy atom. The van der Waals surface area contributed by atoms with Gasteiger partial charge in [0.1, 0.15) is 11.6 Å². The van der Waals surface area contributed by atoms with Crippen molar-refractivity contribution in [3.63, 3.8) is 0 Å². The Bertz CT molecular complexity index is 1040. The molecule has 1 aromatic heterocycles. The van der Waals surface area contributed by atoms with Gasteiger partial charge in [-0.15, -0.1) is 0 Å². The number of para-hydroxylation sites is 2. The molecule has 0 aliphatic carbocycles. The zero-order valence-electron chi connectivity index (χ0n) is 17.1. The third kappa shape index (κ3) is 4.23. The lowest BCUT2D eigenvalue weighted by atomic mass is 10.1. The number of nitrogens with one attached hydrogen (secondary N) is 1. The fraction of sp³-hybridized carbons (Fsp3) is 0.500. The molecule has 0 saturated carbocycles. The van der Waals surface area contributed by atoms with Gasteiger partial charge in [-0.25, -0.2) is 13.4 Å². The maximum Gasteiger partial charge on any atom is 0.266 e. The number of rotatable bonds is 7. The quantitative estimate of drug-likeness (QED) is 0.650. The number of Topliss-reactive ketones (excluding diaryl/α,β-unsaturated/α-hetero) is 1. The second kappa shape index (κ2) is 8.55. The first kappa shape index (κ1) is 21.9. The first-order chi connectivity index (χ1) is 14.2. The van der Waals surface area contributed by atoms with E-state index < -0.39 is 38.9 Å². The Hall–Kier alpha value is -2.75. The lowest BCUT2D eigenvalue weighted by Gasteiger charge is -2.24. The number of likely N-dealkylation sites (tertiary alicyclic amines) is 1. The number of sulfone groups is 1. The summed E-state index contributed by atoms with van der Waals surface area (Å²) in [4.78, 5) is 43.1. The first-order valence-electron chi connectivity index (χ1n) is 9.86. The van der Waals surface area contributed by atoms with Crippen LogP contribution in [0.1, 0.15) is 44.3 Å². The fourth-order valence-electron chi connectivity index (χ4n) is 3.64. The molecule has 162 valence electrons. The van der Waals surface area contributed by atoms with E-state index in [0.29, 0.717) is 11.1 Å². The van der Waals surface area contributed by atoms with Crippen molar-refractivity contribution in [3.8, 4) is 0 Å². The van der Waals surface area contributed by atoms with Gasteiger partial charge >= 0.3 is 0 Å². The summed E-state index contributed by atoms with van der Waals surface area (Å²) >= 11 is 0. The van der Waals surface area contributed by atoms with Crippen LogP contribution in [0.2, 0.25) is 0 Å². The maximum atomic E-state index is 12.9.